The second-order valence-electron chi connectivity index (χ2n) is 8.48. The van der Waals surface area contributed by atoms with E-state index >= 15 is 0 Å². The van der Waals surface area contributed by atoms with E-state index in [-0.39, 0.29) is 25.0 Å². The van der Waals surface area contributed by atoms with E-state index in [0.717, 1.165) is 22.3 Å². The first-order valence-electron chi connectivity index (χ1n) is 11.5. The van der Waals surface area contributed by atoms with Crippen molar-refractivity contribution < 1.29 is 29.0 Å². The summed E-state index contributed by atoms with van der Waals surface area (Å²) in [5.41, 5.74) is 4.60. The molecule has 2 amide bonds. The lowest BCUT2D eigenvalue weighted by atomic mass is 9.98. The third-order valence-corrected chi connectivity index (χ3v) is 6.09. The molecule has 0 spiro atoms. The number of carboxylic acids is 1. The van der Waals surface area contributed by atoms with Crippen molar-refractivity contribution in [2.75, 3.05) is 26.9 Å². The number of ether oxygens (including phenoxy) is 2. The number of hydrogen-bond donors (Lipinski definition) is 3. The molecule has 3 rings (SSSR count). The minimum absolute atomic E-state index is 0.0195. The van der Waals surface area contributed by atoms with Crippen LogP contribution in [0.25, 0.3) is 11.1 Å². The number of carbonyl (C=O) groups excluding carboxylic acids is 2. The molecule has 2 unspecified atom stereocenters. The molecule has 0 bridgehead atoms. The van der Waals surface area contributed by atoms with Gasteiger partial charge in [-0.1, -0.05) is 55.5 Å². The van der Waals surface area contributed by atoms with E-state index in [1.165, 1.54) is 0 Å². The molecule has 0 saturated carbocycles. The summed E-state index contributed by atoms with van der Waals surface area (Å²) in [6.45, 7) is 2.59. The predicted molar refractivity (Wildman–Crippen MR) is 128 cm³/mol. The molecule has 1 aliphatic rings. The summed E-state index contributed by atoms with van der Waals surface area (Å²) < 4.78 is 10.4. The average molecular weight is 469 g/mol. The number of fused-ring (bicyclic) bond motifs is 3. The Balaban J connectivity index is 1.43. The van der Waals surface area contributed by atoms with E-state index in [0.29, 0.717) is 25.9 Å². The number of benzene rings is 2. The van der Waals surface area contributed by atoms with Gasteiger partial charge in [-0.2, -0.15) is 0 Å². The highest BCUT2D eigenvalue weighted by atomic mass is 16.5. The van der Waals surface area contributed by atoms with Gasteiger partial charge in [0.15, 0.2) is 0 Å². The smallest absolute Gasteiger partial charge is 0.407 e. The summed E-state index contributed by atoms with van der Waals surface area (Å²) in [6.07, 6.45) is 0.642. The van der Waals surface area contributed by atoms with Gasteiger partial charge in [-0.25, -0.2) is 9.59 Å². The summed E-state index contributed by atoms with van der Waals surface area (Å²) in [5.74, 6) is -1.92. The third-order valence-electron chi connectivity index (χ3n) is 6.09. The Bertz CT molecular complexity index is 963. The monoisotopic (exact) mass is 468 g/mol. The highest BCUT2D eigenvalue weighted by Gasteiger charge is 2.29. The molecule has 8 nitrogen and oxygen atoms in total. The SMILES string of the molecule is COCCCC(NC(=O)C(C)CCNC(=O)OCC1c2ccccc2-c2ccccc21)C(=O)O. The van der Waals surface area contributed by atoms with E-state index in [1.807, 2.05) is 24.3 Å². The van der Waals surface area contributed by atoms with Crippen LogP contribution in [0.1, 0.15) is 43.2 Å². The van der Waals surface area contributed by atoms with Gasteiger partial charge in [0.1, 0.15) is 12.6 Å². The number of carbonyl (C=O) groups is 3. The van der Waals surface area contributed by atoms with Crippen molar-refractivity contribution in [2.45, 2.75) is 38.1 Å². The zero-order valence-corrected chi connectivity index (χ0v) is 19.6. The van der Waals surface area contributed by atoms with Gasteiger partial charge >= 0.3 is 12.1 Å². The topological polar surface area (TPSA) is 114 Å². The van der Waals surface area contributed by atoms with Gasteiger partial charge in [0.05, 0.1) is 0 Å². The van der Waals surface area contributed by atoms with Crippen molar-refractivity contribution in [2.24, 2.45) is 5.92 Å². The van der Waals surface area contributed by atoms with E-state index in [2.05, 4.69) is 34.9 Å². The summed E-state index contributed by atoms with van der Waals surface area (Å²) in [5, 5.41) is 14.5. The molecule has 0 fully saturated rings. The molecular formula is C26H32N2O6. The fraction of sp³-hybridized carbons (Fsp3) is 0.423. The van der Waals surface area contributed by atoms with Crippen molar-refractivity contribution >= 4 is 18.0 Å². The number of nitrogens with one attached hydrogen (secondary N) is 2. The van der Waals surface area contributed by atoms with Crippen LogP contribution in [0, 0.1) is 5.92 Å². The quantitative estimate of drug-likeness (QED) is 0.411. The molecule has 2 atom stereocenters. The van der Waals surface area contributed by atoms with Crippen molar-refractivity contribution in [1.29, 1.82) is 0 Å². The fourth-order valence-corrected chi connectivity index (χ4v) is 4.17. The normalized spacial score (nSPS) is 13.9. The van der Waals surface area contributed by atoms with E-state index in [4.69, 9.17) is 9.47 Å². The summed E-state index contributed by atoms with van der Waals surface area (Å²) in [7, 11) is 1.54. The number of amides is 2. The Morgan fingerprint density at radius 2 is 1.62 bits per heavy atom. The Kier molecular flexibility index (Phi) is 9.04. The molecule has 0 radical (unpaired) electrons. The minimum Gasteiger partial charge on any atom is -0.480 e. The average Bonchev–Trinajstić information content (AvgIpc) is 3.15. The standard InChI is InChI=1S/C26H32N2O6/c1-17(24(29)28-23(25(30)31)12-7-15-33-2)13-14-27-26(32)34-16-22-20-10-5-3-8-18(20)19-9-4-6-11-21(19)22/h3-6,8-11,17,22-23H,7,12-16H2,1-2H3,(H,27,32)(H,28,29)(H,30,31). The lowest BCUT2D eigenvalue weighted by Crippen LogP contribution is -2.43. The number of alkyl carbamates (subject to hydrolysis) is 1. The fourth-order valence-electron chi connectivity index (χ4n) is 4.17. The molecule has 2 aromatic rings. The van der Waals surface area contributed by atoms with Crippen LogP contribution in [0.3, 0.4) is 0 Å². The Morgan fingerprint density at radius 3 is 2.21 bits per heavy atom. The largest absolute Gasteiger partial charge is 0.480 e. The van der Waals surface area contributed by atoms with Gasteiger partial charge in [0, 0.05) is 32.1 Å². The second-order valence-corrected chi connectivity index (χ2v) is 8.48. The first-order chi connectivity index (χ1) is 16.4. The Hall–Kier alpha value is -3.39. The van der Waals surface area contributed by atoms with E-state index in [1.54, 1.807) is 14.0 Å². The molecular weight excluding hydrogens is 436 g/mol. The van der Waals surface area contributed by atoms with Crippen LogP contribution in [-0.2, 0) is 19.1 Å². The van der Waals surface area contributed by atoms with Gasteiger partial charge in [0.2, 0.25) is 5.91 Å². The van der Waals surface area contributed by atoms with Crippen LogP contribution in [0.4, 0.5) is 4.79 Å². The van der Waals surface area contributed by atoms with Gasteiger partial charge in [-0.15, -0.1) is 0 Å². The van der Waals surface area contributed by atoms with Gasteiger partial charge in [-0.3, -0.25) is 4.79 Å². The van der Waals surface area contributed by atoms with Crippen molar-refractivity contribution in [3.05, 3.63) is 59.7 Å². The first kappa shape index (κ1) is 25.2. The molecule has 0 aliphatic heterocycles. The molecule has 0 saturated heterocycles. The maximum atomic E-state index is 12.4. The van der Waals surface area contributed by atoms with Crippen LogP contribution in [-0.4, -0.2) is 56.0 Å². The van der Waals surface area contributed by atoms with Crippen molar-refractivity contribution in [1.82, 2.24) is 10.6 Å². The Labute approximate surface area is 199 Å². The van der Waals surface area contributed by atoms with Crippen molar-refractivity contribution in [3.8, 4) is 11.1 Å². The zero-order chi connectivity index (χ0) is 24.5. The van der Waals surface area contributed by atoms with Crippen LogP contribution in [0.2, 0.25) is 0 Å². The van der Waals surface area contributed by atoms with Gasteiger partial charge in [0.25, 0.3) is 0 Å². The highest BCUT2D eigenvalue weighted by Crippen LogP contribution is 2.44. The van der Waals surface area contributed by atoms with Gasteiger partial charge in [-0.05, 0) is 41.5 Å². The van der Waals surface area contributed by atoms with Crippen LogP contribution in [0.15, 0.2) is 48.5 Å². The molecule has 1 aliphatic carbocycles. The molecule has 2 aromatic carbocycles. The lowest BCUT2D eigenvalue weighted by Gasteiger charge is -2.18. The first-order valence-corrected chi connectivity index (χ1v) is 11.5. The van der Waals surface area contributed by atoms with Crippen LogP contribution < -0.4 is 10.6 Å². The number of aliphatic carboxylic acids is 1. The molecule has 0 heterocycles. The van der Waals surface area contributed by atoms with Crippen LogP contribution in [0.5, 0.6) is 0 Å². The van der Waals surface area contributed by atoms with Gasteiger partial charge < -0.3 is 25.2 Å². The summed E-state index contributed by atoms with van der Waals surface area (Å²) >= 11 is 0. The third kappa shape index (κ3) is 6.35. The summed E-state index contributed by atoms with van der Waals surface area (Å²) in [6, 6.07) is 15.3. The molecule has 3 N–H and O–H groups in total. The van der Waals surface area contributed by atoms with Crippen molar-refractivity contribution in [3.63, 3.8) is 0 Å². The zero-order valence-electron chi connectivity index (χ0n) is 19.6. The molecule has 34 heavy (non-hydrogen) atoms. The maximum Gasteiger partial charge on any atom is 0.407 e. The minimum atomic E-state index is -1.08. The lowest BCUT2D eigenvalue weighted by molar-refractivity contribution is -0.142. The highest BCUT2D eigenvalue weighted by molar-refractivity contribution is 5.84. The number of rotatable bonds is 12. The van der Waals surface area contributed by atoms with Crippen LogP contribution >= 0.6 is 0 Å². The predicted octanol–water partition coefficient (Wildman–Crippen LogP) is 3.55. The summed E-state index contributed by atoms with van der Waals surface area (Å²) in [4.78, 5) is 36.0. The second kappa shape index (κ2) is 12.2. The number of carboxylic acid groups (broad SMARTS) is 1. The Morgan fingerprint density at radius 1 is 1.00 bits per heavy atom. The number of methoxy groups -OCH3 is 1. The molecule has 182 valence electrons. The molecule has 8 heteroatoms. The number of hydrogen-bond acceptors (Lipinski definition) is 5. The van der Waals surface area contributed by atoms with E-state index < -0.39 is 24.0 Å². The van der Waals surface area contributed by atoms with E-state index in [9.17, 15) is 19.5 Å². The molecule has 0 aromatic heterocycles. The maximum absolute atomic E-state index is 12.4.